The number of carbonyl (C=O) groups is 2. The average Bonchev–Trinajstić information content (AvgIpc) is 3.24. The molecular weight excluding hydrogens is 256 g/mol. The van der Waals surface area contributed by atoms with E-state index in [1.807, 2.05) is 30.3 Å². The molecule has 0 aliphatic heterocycles. The zero-order valence-electron chi connectivity index (χ0n) is 11.6. The summed E-state index contributed by atoms with van der Waals surface area (Å²) in [5.74, 6) is -0.815. The van der Waals surface area contributed by atoms with Gasteiger partial charge in [0.1, 0.15) is 0 Å². The van der Waals surface area contributed by atoms with Crippen molar-refractivity contribution in [3.8, 4) is 0 Å². The molecule has 0 heterocycles. The number of nitrogens with zero attached hydrogens (tertiary/aromatic N) is 1. The maximum Gasteiger partial charge on any atom is 0.317 e. The molecule has 0 atom stereocenters. The Labute approximate surface area is 118 Å². The van der Waals surface area contributed by atoms with Crippen LogP contribution < -0.4 is 5.32 Å². The molecule has 20 heavy (non-hydrogen) atoms. The minimum absolute atomic E-state index is 0.214. The molecule has 1 aromatic rings. The molecule has 0 spiro atoms. The molecule has 5 nitrogen and oxygen atoms in total. The third kappa shape index (κ3) is 3.50. The lowest BCUT2D eigenvalue weighted by Gasteiger charge is -2.19. The molecule has 0 bridgehead atoms. The summed E-state index contributed by atoms with van der Waals surface area (Å²) in [7, 11) is 1.72. The van der Waals surface area contributed by atoms with Gasteiger partial charge in [-0.05, 0) is 24.8 Å². The van der Waals surface area contributed by atoms with Gasteiger partial charge in [0, 0.05) is 20.1 Å². The number of amides is 2. The average molecular weight is 276 g/mol. The van der Waals surface area contributed by atoms with E-state index in [4.69, 9.17) is 5.11 Å². The van der Waals surface area contributed by atoms with Crippen molar-refractivity contribution in [2.24, 2.45) is 5.41 Å². The van der Waals surface area contributed by atoms with Crippen LogP contribution in [0.4, 0.5) is 4.79 Å². The van der Waals surface area contributed by atoms with Crippen molar-refractivity contribution in [3.63, 3.8) is 0 Å². The molecule has 5 heteroatoms. The first kappa shape index (κ1) is 14.4. The number of benzene rings is 1. The number of carboxylic acids is 1. The molecule has 0 radical (unpaired) electrons. The molecule has 108 valence electrons. The molecule has 1 aromatic carbocycles. The van der Waals surface area contributed by atoms with E-state index < -0.39 is 11.4 Å². The van der Waals surface area contributed by atoms with Gasteiger partial charge in [0.05, 0.1) is 5.41 Å². The molecule has 1 aliphatic carbocycles. The van der Waals surface area contributed by atoms with Gasteiger partial charge in [0.25, 0.3) is 0 Å². The lowest BCUT2D eigenvalue weighted by molar-refractivity contribution is -0.143. The Balaban J connectivity index is 1.74. The maximum absolute atomic E-state index is 11.9. The van der Waals surface area contributed by atoms with E-state index in [-0.39, 0.29) is 12.6 Å². The van der Waals surface area contributed by atoms with Crippen molar-refractivity contribution in [1.82, 2.24) is 10.2 Å². The van der Waals surface area contributed by atoms with Crippen molar-refractivity contribution in [2.75, 3.05) is 20.1 Å². The fraction of sp³-hybridized carbons (Fsp3) is 0.467. The van der Waals surface area contributed by atoms with Crippen LogP contribution in [0.1, 0.15) is 18.4 Å². The first-order chi connectivity index (χ1) is 9.53. The third-order valence-corrected chi connectivity index (χ3v) is 3.81. The van der Waals surface area contributed by atoms with Crippen molar-refractivity contribution in [1.29, 1.82) is 0 Å². The zero-order chi connectivity index (χ0) is 14.6. The molecule has 1 saturated carbocycles. The van der Waals surface area contributed by atoms with Crippen LogP contribution in [0.5, 0.6) is 0 Å². The first-order valence-corrected chi connectivity index (χ1v) is 6.80. The zero-order valence-corrected chi connectivity index (χ0v) is 11.6. The molecule has 0 unspecified atom stereocenters. The second-order valence-electron chi connectivity index (χ2n) is 5.40. The van der Waals surface area contributed by atoms with Crippen molar-refractivity contribution in [2.45, 2.75) is 19.3 Å². The molecule has 1 fully saturated rings. The Kier molecular flexibility index (Phi) is 4.27. The van der Waals surface area contributed by atoms with Gasteiger partial charge in [-0.1, -0.05) is 30.3 Å². The number of nitrogens with one attached hydrogen (secondary N) is 1. The third-order valence-electron chi connectivity index (χ3n) is 3.81. The van der Waals surface area contributed by atoms with Crippen LogP contribution in [0, 0.1) is 5.41 Å². The van der Waals surface area contributed by atoms with Crippen molar-refractivity contribution < 1.29 is 14.7 Å². The summed E-state index contributed by atoms with van der Waals surface area (Å²) in [4.78, 5) is 24.5. The number of aliphatic carboxylic acids is 1. The van der Waals surface area contributed by atoms with Crippen molar-refractivity contribution >= 4 is 12.0 Å². The summed E-state index contributed by atoms with van der Waals surface area (Å²) >= 11 is 0. The lowest BCUT2D eigenvalue weighted by Crippen LogP contribution is -2.42. The molecular formula is C15H20N2O3. The van der Waals surface area contributed by atoms with E-state index in [1.54, 1.807) is 11.9 Å². The Morgan fingerprint density at radius 1 is 1.30 bits per heavy atom. The second-order valence-corrected chi connectivity index (χ2v) is 5.40. The van der Waals surface area contributed by atoms with Crippen LogP contribution in [0.25, 0.3) is 0 Å². The van der Waals surface area contributed by atoms with Crippen LogP contribution >= 0.6 is 0 Å². The minimum Gasteiger partial charge on any atom is -0.481 e. The Hall–Kier alpha value is -2.04. The quantitative estimate of drug-likeness (QED) is 0.831. The Morgan fingerprint density at radius 3 is 2.50 bits per heavy atom. The SMILES string of the molecule is CN(CCc1ccccc1)C(=O)NCC1(C(=O)O)CC1. The van der Waals surface area contributed by atoms with Crippen LogP contribution in [-0.4, -0.2) is 42.1 Å². The molecule has 0 saturated heterocycles. The Morgan fingerprint density at radius 2 is 1.95 bits per heavy atom. The standard InChI is InChI=1S/C15H20N2O3/c1-17(10-7-12-5-3-2-4-6-12)14(20)16-11-15(8-9-15)13(18)19/h2-6H,7-11H2,1H3,(H,16,20)(H,18,19). The highest BCUT2D eigenvalue weighted by Crippen LogP contribution is 2.45. The highest BCUT2D eigenvalue weighted by atomic mass is 16.4. The summed E-state index contributed by atoms with van der Waals surface area (Å²) in [6.45, 7) is 0.826. The number of carboxylic acid groups (broad SMARTS) is 1. The predicted octanol–water partition coefficient (Wildman–Crippen LogP) is 1.74. The van der Waals surface area contributed by atoms with E-state index >= 15 is 0 Å². The van der Waals surface area contributed by atoms with Gasteiger partial charge in [-0.3, -0.25) is 4.79 Å². The fourth-order valence-corrected chi connectivity index (χ4v) is 2.04. The van der Waals surface area contributed by atoms with E-state index in [0.717, 1.165) is 6.42 Å². The van der Waals surface area contributed by atoms with Crippen molar-refractivity contribution in [3.05, 3.63) is 35.9 Å². The molecule has 2 amide bonds. The summed E-state index contributed by atoms with van der Waals surface area (Å²) in [5.41, 5.74) is 0.465. The van der Waals surface area contributed by atoms with Gasteiger partial charge in [-0.2, -0.15) is 0 Å². The Bertz CT molecular complexity index is 483. The van der Waals surface area contributed by atoms with Crippen LogP contribution in [0.15, 0.2) is 30.3 Å². The van der Waals surface area contributed by atoms with Crippen LogP contribution in [-0.2, 0) is 11.2 Å². The van der Waals surface area contributed by atoms with Gasteiger partial charge < -0.3 is 15.3 Å². The van der Waals surface area contributed by atoms with E-state index in [9.17, 15) is 9.59 Å². The van der Waals surface area contributed by atoms with Crippen LogP contribution in [0.3, 0.4) is 0 Å². The van der Waals surface area contributed by atoms with E-state index in [0.29, 0.717) is 19.4 Å². The smallest absolute Gasteiger partial charge is 0.317 e. The van der Waals surface area contributed by atoms with Crippen LogP contribution in [0.2, 0.25) is 0 Å². The number of carbonyl (C=O) groups excluding carboxylic acids is 1. The minimum atomic E-state index is -0.815. The summed E-state index contributed by atoms with van der Waals surface area (Å²) in [6, 6.07) is 9.73. The number of hydrogen-bond acceptors (Lipinski definition) is 2. The molecule has 1 aliphatic rings. The normalized spacial score (nSPS) is 15.4. The van der Waals surface area contributed by atoms with Gasteiger partial charge >= 0.3 is 12.0 Å². The predicted molar refractivity (Wildman–Crippen MR) is 75.5 cm³/mol. The second kappa shape index (κ2) is 5.94. The first-order valence-electron chi connectivity index (χ1n) is 6.80. The molecule has 2 rings (SSSR count). The fourth-order valence-electron chi connectivity index (χ4n) is 2.04. The maximum atomic E-state index is 11.9. The highest BCUT2D eigenvalue weighted by Gasteiger charge is 2.50. The summed E-state index contributed by atoms with van der Waals surface area (Å²) in [5, 5.41) is 11.8. The number of likely N-dealkylation sites (N-methyl/N-ethyl adjacent to an activating group) is 1. The number of rotatable bonds is 6. The summed E-state index contributed by atoms with van der Waals surface area (Å²) in [6.07, 6.45) is 2.08. The molecule has 0 aromatic heterocycles. The molecule has 2 N–H and O–H groups in total. The highest BCUT2D eigenvalue weighted by molar-refractivity contribution is 5.80. The summed E-state index contributed by atoms with van der Waals surface area (Å²) < 4.78 is 0. The largest absolute Gasteiger partial charge is 0.481 e. The van der Waals surface area contributed by atoms with E-state index in [2.05, 4.69) is 5.32 Å². The lowest BCUT2D eigenvalue weighted by atomic mass is 10.1. The number of hydrogen-bond donors (Lipinski definition) is 2. The topological polar surface area (TPSA) is 69.6 Å². The monoisotopic (exact) mass is 276 g/mol. The van der Waals surface area contributed by atoms with E-state index in [1.165, 1.54) is 5.56 Å². The van der Waals surface area contributed by atoms with Gasteiger partial charge in [-0.25, -0.2) is 4.79 Å². The van der Waals surface area contributed by atoms with Gasteiger partial charge in [-0.15, -0.1) is 0 Å². The van der Waals surface area contributed by atoms with Gasteiger partial charge in [0.2, 0.25) is 0 Å². The van der Waals surface area contributed by atoms with Gasteiger partial charge in [0.15, 0.2) is 0 Å². The number of urea groups is 1.